The van der Waals surface area contributed by atoms with Gasteiger partial charge in [-0.05, 0) is 31.9 Å². The van der Waals surface area contributed by atoms with Crippen molar-refractivity contribution in [2.75, 3.05) is 6.61 Å². The molecule has 1 atom stereocenters. The normalized spacial score (nSPS) is 15.2. The number of esters is 1. The number of urea groups is 1. The largest absolute Gasteiger partial charge is 0.454 e. The Balaban J connectivity index is 1.71. The highest BCUT2D eigenvalue weighted by molar-refractivity contribution is 6.33. The number of imide groups is 1. The summed E-state index contributed by atoms with van der Waals surface area (Å²) in [7, 11) is 0. The molecule has 4 amide bonds. The van der Waals surface area contributed by atoms with Gasteiger partial charge in [0.25, 0.3) is 11.8 Å². The number of hydrogen-bond donors (Lipinski definition) is 3. The smallest absolute Gasteiger partial charge is 0.328 e. The van der Waals surface area contributed by atoms with Gasteiger partial charge in [0.2, 0.25) is 0 Å². The van der Waals surface area contributed by atoms with E-state index in [1.165, 1.54) is 13.0 Å². The van der Waals surface area contributed by atoms with Crippen LogP contribution in [0.25, 0.3) is 0 Å². The summed E-state index contributed by atoms with van der Waals surface area (Å²) in [6, 6.07) is 4.87. The van der Waals surface area contributed by atoms with E-state index in [4.69, 9.17) is 16.3 Å². The second-order valence-corrected chi connectivity index (χ2v) is 7.05. The van der Waals surface area contributed by atoms with Crippen molar-refractivity contribution in [3.63, 3.8) is 0 Å². The van der Waals surface area contributed by atoms with Gasteiger partial charge in [0.05, 0.1) is 10.6 Å². The Morgan fingerprint density at radius 2 is 1.82 bits per heavy atom. The number of carbonyl (C=O) groups is 4. The molecule has 1 aromatic rings. The third-order valence-electron chi connectivity index (χ3n) is 4.36. The van der Waals surface area contributed by atoms with Crippen LogP contribution in [0.4, 0.5) is 4.79 Å². The first kappa shape index (κ1) is 21.7. The molecule has 9 heteroatoms. The highest BCUT2D eigenvalue weighted by atomic mass is 35.5. The van der Waals surface area contributed by atoms with Crippen molar-refractivity contribution in [2.45, 2.75) is 51.1 Å². The minimum Gasteiger partial charge on any atom is -0.454 e. The highest BCUT2D eigenvalue weighted by Crippen LogP contribution is 2.17. The van der Waals surface area contributed by atoms with Gasteiger partial charge in [-0.1, -0.05) is 43.0 Å². The molecule has 0 unspecified atom stereocenters. The maximum Gasteiger partial charge on any atom is 0.328 e. The van der Waals surface area contributed by atoms with Crippen LogP contribution in [0.2, 0.25) is 5.02 Å². The van der Waals surface area contributed by atoms with E-state index in [1.54, 1.807) is 18.2 Å². The molecule has 0 saturated heterocycles. The molecule has 0 heterocycles. The molecule has 0 aromatic heterocycles. The molecule has 1 fully saturated rings. The molecule has 1 aliphatic carbocycles. The van der Waals surface area contributed by atoms with Gasteiger partial charge in [0.1, 0.15) is 6.04 Å². The lowest BCUT2D eigenvalue weighted by atomic mass is 9.96. The fraction of sp³-hybridized carbons (Fsp3) is 0.474. The zero-order valence-electron chi connectivity index (χ0n) is 15.6. The van der Waals surface area contributed by atoms with E-state index in [0.29, 0.717) is 0 Å². The number of benzene rings is 1. The van der Waals surface area contributed by atoms with Crippen LogP contribution >= 0.6 is 11.6 Å². The molecule has 2 rings (SSSR count). The van der Waals surface area contributed by atoms with E-state index in [-0.39, 0.29) is 16.6 Å². The molecule has 1 aliphatic rings. The maximum atomic E-state index is 12.1. The molecule has 0 aliphatic heterocycles. The second kappa shape index (κ2) is 10.7. The van der Waals surface area contributed by atoms with Gasteiger partial charge in [-0.3, -0.25) is 14.9 Å². The average Bonchev–Trinajstić information content (AvgIpc) is 2.67. The van der Waals surface area contributed by atoms with E-state index in [0.717, 1.165) is 32.1 Å². The van der Waals surface area contributed by atoms with Crippen molar-refractivity contribution in [3.8, 4) is 0 Å². The number of ether oxygens (including phenoxy) is 1. The minimum absolute atomic E-state index is 0.0594. The van der Waals surface area contributed by atoms with Gasteiger partial charge in [0.15, 0.2) is 6.61 Å². The summed E-state index contributed by atoms with van der Waals surface area (Å²) < 4.78 is 4.84. The predicted molar refractivity (Wildman–Crippen MR) is 103 cm³/mol. The van der Waals surface area contributed by atoms with Crippen LogP contribution in [0.5, 0.6) is 0 Å². The summed E-state index contributed by atoms with van der Waals surface area (Å²) in [5, 5.41) is 7.55. The predicted octanol–water partition coefficient (Wildman–Crippen LogP) is 2.16. The summed E-state index contributed by atoms with van der Waals surface area (Å²) in [6.07, 6.45) is 5.03. The minimum atomic E-state index is -0.993. The third-order valence-corrected chi connectivity index (χ3v) is 4.69. The molecule has 0 bridgehead atoms. The number of carbonyl (C=O) groups excluding carboxylic acids is 4. The summed E-state index contributed by atoms with van der Waals surface area (Å²) in [5.41, 5.74) is 0.223. The molecular formula is C19H24ClN3O5. The molecule has 8 nitrogen and oxygen atoms in total. The van der Waals surface area contributed by atoms with E-state index in [2.05, 4.69) is 16.0 Å². The Morgan fingerprint density at radius 3 is 2.50 bits per heavy atom. The Morgan fingerprint density at radius 1 is 1.14 bits per heavy atom. The molecule has 3 N–H and O–H groups in total. The van der Waals surface area contributed by atoms with Crippen LogP contribution in [0.3, 0.4) is 0 Å². The van der Waals surface area contributed by atoms with Gasteiger partial charge < -0.3 is 15.4 Å². The van der Waals surface area contributed by atoms with E-state index in [9.17, 15) is 19.2 Å². The Labute approximate surface area is 168 Å². The number of nitrogens with one attached hydrogen (secondary N) is 3. The summed E-state index contributed by atoms with van der Waals surface area (Å²) in [5.74, 6) is -2.08. The lowest BCUT2D eigenvalue weighted by molar-refractivity contribution is -0.149. The van der Waals surface area contributed by atoms with Crippen molar-refractivity contribution < 1.29 is 23.9 Å². The highest BCUT2D eigenvalue weighted by Gasteiger charge is 2.21. The van der Waals surface area contributed by atoms with Crippen LogP contribution in [-0.4, -0.2) is 42.5 Å². The van der Waals surface area contributed by atoms with E-state index < -0.39 is 36.5 Å². The van der Waals surface area contributed by atoms with Crippen LogP contribution in [0.1, 0.15) is 49.4 Å². The lowest BCUT2D eigenvalue weighted by Gasteiger charge is -2.22. The number of amides is 4. The first-order valence-corrected chi connectivity index (χ1v) is 9.57. The average molecular weight is 410 g/mol. The molecule has 1 aromatic carbocycles. The first-order valence-electron chi connectivity index (χ1n) is 9.19. The second-order valence-electron chi connectivity index (χ2n) is 6.64. The zero-order chi connectivity index (χ0) is 20.5. The lowest BCUT2D eigenvalue weighted by Crippen LogP contribution is -2.47. The van der Waals surface area contributed by atoms with Crippen molar-refractivity contribution in [1.29, 1.82) is 0 Å². The summed E-state index contributed by atoms with van der Waals surface area (Å²) in [4.78, 5) is 47.6. The number of halogens is 1. The van der Waals surface area contributed by atoms with Crippen LogP contribution in [0, 0.1) is 0 Å². The topological polar surface area (TPSA) is 114 Å². The quantitative estimate of drug-likeness (QED) is 0.623. The standard InChI is InChI=1S/C19H24ClN3O5/c1-12(21-17(25)14-9-5-6-10-15(14)20)18(26)28-11-16(24)23-19(27)22-13-7-3-2-4-8-13/h5-6,9-10,12-13H,2-4,7-8,11H2,1H3,(H,21,25)(H2,22,23,24,27)/t12-/m0/s1. The van der Waals surface area contributed by atoms with Gasteiger partial charge in [0, 0.05) is 6.04 Å². The SMILES string of the molecule is C[C@H](NC(=O)c1ccccc1Cl)C(=O)OCC(=O)NC(=O)NC1CCCCC1. The summed E-state index contributed by atoms with van der Waals surface area (Å²) >= 11 is 5.94. The van der Waals surface area contributed by atoms with Crippen molar-refractivity contribution in [3.05, 3.63) is 34.9 Å². The Bertz CT molecular complexity index is 734. The van der Waals surface area contributed by atoms with Gasteiger partial charge >= 0.3 is 12.0 Å². The van der Waals surface area contributed by atoms with E-state index >= 15 is 0 Å². The number of rotatable bonds is 6. The molecule has 0 spiro atoms. The van der Waals surface area contributed by atoms with Crippen LogP contribution in [0.15, 0.2) is 24.3 Å². The van der Waals surface area contributed by atoms with Gasteiger partial charge in [-0.15, -0.1) is 0 Å². The Hall–Kier alpha value is -2.61. The first-order chi connectivity index (χ1) is 13.4. The molecular weight excluding hydrogens is 386 g/mol. The zero-order valence-corrected chi connectivity index (χ0v) is 16.4. The van der Waals surface area contributed by atoms with E-state index in [1.807, 2.05) is 0 Å². The monoisotopic (exact) mass is 409 g/mol. The van der Waals surface area contributed by atoms with Crippen molar-refractivity contribution >= 4 is 35.4 Å². The van der Waals surface area contributed by atoms with Gasteiger partial charge in [-0.2, -0.15) is 0 Å². The van der Waals surface area contributed by atoms with Crippen molar-refractivity contribution in [2.24, 2.45) is 0 Å². The van der Waals surface area contributed by atoms with Gasteiger partial charge in [-0.25, -0.2) is 9.59 Å². The maximum absolute atomic E-state index is 12.1. The van der Waals surface area contributed by atoms with Crippen molar-refractivity contribution in [1.82, 2.24) is 16.0 Å². The number of hydrogen-bond acceptors (Lipinski definition) is 5. The fourth-order valence-corrected chi connectivity index (χ4v) is 3.09. The van der Waals surface area contributed by atoms with Crippen LogP contribution < -0.4 is 16.0 Å². The van der Waals surface area contributed by atoms with Crippen LogP contribution in [-0.2, 0) is 14.3 Å². The Kier molecular flexibility index (Phi) is 8.25. The fourth-order valence-electron chi connectivity index (χ4n) is 2.87. The summed E-state index contributed by atoms with van der Waals surface area (Å²) in [6.45, 7) is 0.800. The third kappa shape index (κ3) is 6.84. The molecule has 28 heavy (non-hydrogen) atoms. The molecule has 152 valence electrons. The molecule has 0 radical (unpaired) electrons. The molecule has 1 saturated carbocycles.